The Morgan fingerprint density at radius 3 is 1.76 bits per heavy atom. The third kappa shape index (κ3) is 4.57. The summed E-state index contributed by atoms with van der Waals surface area (Å²) in [6.45, 7) is 0. The maximum atomic E-state index is 6.39. The van der Waals surface area contributed by atoms with Crippen molar-refractivity contribution in [2.45, 2.75) is 0 Å². The van der Waals surface area contributed by atoms with Gasteiger partial charge in [-0.3, -0.25) is 0 Å². The summed E-state index contributed by atoms with van der Waals surface area (Å²) >= 11 is 0. The van der Waals surface area contributed by atoms with Crippen molar-refractivity contribution in [2.24, 2.45) is 0 Å². The van der Waals surface area contributed by atoms with Gasteiger partial charge in [-0.05, 0) is 67.7 Å². The molecule has 0 amide bonds. The van der Waals surface area contributed by atoms with Gasteiger partial charge in [-0.2, -0.15) is 0 Å². The maximum Gasteiger partial charge on any atom is 0.164 e. The van der Waals surface area contributed by atoms with E-state index in [0.29, 0.717) is 17.5 Å². The minimum absolute atomic E-state index is 0.603. The normalized spacial score (nSPS) is 11.7. The van der Waals surface area contributed by atoms with Gasteiger partial charge in [-0.1, -0.05) is 140 Å². The van der Waals surface area contributed by atoms with Gasteiger partial charge in [-0.15, -0.1) is 0 Å². The van der Waals surface area contributed by atoms with Crippen molar-refractivity contribution in [3.63, 3.8) is 0 Å². The molecule has 0 saturated heterocycles. The van der Waals surface area contributed by atoms with E-state index in [0.717, 1.165) is 49.8 Å². The van der Waals surface area contributed by atoms with E-state index < -0.39 is 0 Å². The standard InChI is InChI=1S/C45H27N3O/c1-3-10-28(11-4-1)33-24-25-39-38(26-33)42-36(16-9-17-40(42)49-39)45-47-43(32-13-5-2-6-14-32)46-44(48-45)34-23-20-30-19-22-31-21-18-29-12-7-8-15-35(29)41(31)37(30)27-34/h1-27H. The molecule has 0 fully saturated rings. The molecule has 0 bridgehead atoms. The highest BCUT2D eigenvalue weighted by atomic mass is 16.3. The topological polar surface area (TPSA) is 51.8 Å². The van der Waals surface area contributed by atoms with Crippen LogP contribution in [0.3, 0.4) is 0 Å². The molecule has 0 spiro atoms. The Balaban J connectivity index is 1.22. The van der Waals surface area contributed by atoms with Gasteiger partial charge in [0.15, 0.2) is 17.5 Å². The van der Waals surface area contributed by atoms with Crippen LogP contribution in [0.2, 0.25) is 0 Å². The van der Waals surface area contributed by atoms with Crippen LogP contribution < -0.4 is 0 Å². The summed E-state index contributed by atoms with van der Waals surface area (Å²) in [5, 5.41) is 9.26. The fourth-order valence-electron chi connectivity index (χ4n) is 7.13. The number of hydrogen-bond acceptors (Lipinski definition) is 4. The molecule has 0 aliphatic heterocycles. The zero-order valence-electron chi connectivity index (χ0n) is 26.3. The molecule has 2 heterocycles. The van der Waals surface area contributed by atoms with Crippen LogP contribution in [0.4, 0.5) is 0 Å². The Labute approximate surface area is 282 Å². The number of hydrogen-bond donors (Lipinski definition) is 0. The number of benzene rings is 8. The Hall–Kier alpha value is -6.65. The number of furan rings is 1. The van der Waals surface area contributed by atoms with Gasteiger partial charge in [0.1, 0.15) is 11.2 Å². The molecule has 0 unspecified atom stereocenters. The van der Waals surface area contributed by atoms with Crippen molar-refractivity contribution >= 4 is 54.3 Å². The predicted molar refractivity (Wildman–Crippen MR) is 201 cm³/mol. The number of aromatic nitrogens is 3. The highest BCUT2D eigenvalue weighted by molar-refractivity contribution is 6.20. The molecule has 0 N–H and O–H groups in total. The second-order valence-electron chi connectivity index (χ2n) is 12.4. The molecule has 4 nitrogen and oxygen atoms in total. The highest BCUT2D eigenvalue weighted by Crippen LogP contribution is 2.39. The number of rotatable bonds is 4. The number of fused-ring (bicyclic) bond motifs is 8. The van der Waals surface area contributed by atoms with Crippen LogP contribution in [0.5, 0.6) is 0 Å². The largest absolute Gasteiger partial charge is 0.456 e. The molecule has 0 aliphatic rings. The Morgan fingerprint density at radius 2 is 0.939 bits per heavy atom. The van der Waals surface area contributed by atoms with E-state index in [-0.39, 0.29) is 0 Å². The van der Waals surface area contributed by atoms with Crippen molar-refractivity contribution < 1.29 is 4.42 Å². The summed E-state index contributed by atoms with van der Waals surface area (Å²) in [6, 6.07) is 56.9. The zero-order chi connectivity index (χ0) is 32.3. The molecule has 0 aliphatic carbocycles. The second-order valence-corrected chi connectivity index (χ2v) is 12.4. The van der Waals surface area contributed by atoms with Crippen LogP contribution in [-0.2, 0) is 0 Å². The van der Waals surface area contributed by atoms with Gasteiger partial charge in [0, 0.05) is 27.5 Å². The zero-order valence-corrected chi connectivity index (χ0v) is 26.3. The van der Waals surface area contributed by atoms with Crippen LogP contribution in [0.15, 0.2) is 168 Å². The van der Waals surface area contributed by atoms with Crippen LogP contribution in [0.1, 0.15) is 0 Å². The second kappa shape index (κ2) is 11.0. The molecule has 2 aromatic heterocycles. The quantitative estimate of drug-likeness (QED) is 0.183. The van der Waals surface area contributed by atoms with Gasteiger partial charge >= 0.3 is 0 Å². The van der Waals surface area contributed by atoms with Crippen LogP contribution >= 0.6 is 0 Å². The van der Waals surface area contributed by atoms with Gasteiger partial charge in [0.05, 0.1) is 0 Å². The minimum atomic E-state index is 0.603. The van der Waals surface area contributed by atoms with E-state index in [9.17, 15) is 0 Å². The smallest absolute Gasteiger partial charge is 0.164 e. The lowest BCUT2D eigenvalue weighted by atomic mass is 9.95. The Kier molecular flexibility index (Phi) is 6.15. The summed E-state index contributed by atoms with van der Waals surface area (Å²) < 4.78 is 6.39. The first kappa shape index (κ1) is 27.5. The maximum absolute atomic E-state index is 6.39. The van der Waals surface area contributed by atoms with E-state index in [1.54, 1.807) is 0 Å². The molecule has 0 saturated carbocycles. The summed E-state index contributed by atoms with van der Waals surface area (Å²) in [7, 11) is 0. The van der Waals surface area contributed by atoms with E-state index in [1.165, 1.54) is 32.3 Å². The van der Waals surface area contributed by atoms with Crippen molar-refractivity contribution in [2.75, 3.05) is 0 Å². The molecule has 10 rings (SSSR count). The SMILES string of the molecule is c1ccc(-c2ccc3oc4cccc(-c5nc(-c6ccccc6)nc(-c6ccc7ccc8ccc9ccccc9c8c7c6)n5)c4c3c2)cc1. The molecule has 0 atom stereocenters. The first-order valence-electron chi connectivity index (χ1n) is 16.4. The fourth-order valence-corrected chi connectivity index (χ4v) is 7.13. The molecular formula is C45H27N3O. The molecule has 0 radical (unpaired) electrons. The van der Waals surface area contributed by atoms with Crippen molar-refractivity contribution in [3.05, 3.63) is 164 Å². The third-order valence-electron chi connectivity index (χ3n) is 9.50. The third-order valence-corrected chi connectivity index (χ3v) is 9.50. The summed E-state index contributed by atoms with van der Waals surface area (Å²) in [6.07, 6.45) is 0. The predicted octanol–water partition coefficient (Wildman–Crippen LogP) is 11.9. The molecule has 49 heavy (non-hydrogen) atoms. The summed E-state index contributed by atoms with van der Waals surface area (Å²) in [5.41, 5.74) is 6.67. The van der Waals surface area contributed by atoms with Crippen LogP contribution in [0, 0.1) is 0 Å². The van der Waals surface area contributed by atoms with Crippen molar-refractivity contribution in [1.29, 1.82) is 0 Å². The molecule has 8 aromatic carbocycles. The minimum Gasteiger partial charge on any atom is -0.456 e. The van der Waals surface area contributed by atoms with E-state index in [4.69, 9.17) is 19.4 Å². The Morgan fingerprint density at radius 1 is 0.327 bits per heavy atom. The van der Waals surface area contributed by atoms with Gasteiger partial charge < -0.3 is 4.42 Å². The first-order chi connectivity index (χ1) is 24.3. The highest BCUT2D eigenvalue weighted by Gasteiger charge is 2.19. The average Bonchev–Trinajstić information content (AvgIpc) is 3.56. The lowest BCUT2D eigenvalue weighted by Crippen LogP contribution is -2.00. The average molecular weight is 626 g/mol. The van der Waals surface area contributed by atoms with E-state index in [1.807, 2.05) is 48.5 Å². The van der Waals surface area contributed by atoms with Crippen LogP contribution in [-0.4, -0.2) is 15.0 Å². The lowest BCUT2D eigenvalue weighted by Gasteiger charge is -2.12. The fraction of sp³-hybridized carbons (Fsp3) is 0. The molecule has 10 aromatic rings. The Bertz CT molecular complexity index is 2870. The van der Waals surface area contributed by atoms with Gasteiger partial charge in [0.25, 0.3) is 0 Å². The first-order valence-corrected chi connectivity index (χ1v) is 16.4. The van der Waals surface area contributed by atoms with E-state index >= 15 is 0 Å². The molecule has 228 valence electrons. The van der Waals surface area contributed by atoms with Crippen molar-refractivity contribution in [1.82, 2.24) is 15.0 Å². The monoisotopic (exact) mass is 625 g/mol. The van der Waals surface area contributed by atoms with Crippen LogP contribution in [0.25, 0.3) is 99.5 Å². The summed E-state index contributed by atoms with van der Waals surface area (Å²) in [5.74, 6) is 1.85. The van der Waals surface area contributed by atoms with Gasteiger partial charge in [-0.25, -0.2) is 15.0 Å². The lowest BCUT2D eigenvalue weighted by molar-refractivity contribution is 0.669. The molecular weight excluding hydrogens is 599 g/mol. The van der Waals surface area contributed by atoms with E-state index in [2.05, 4.69) is 115 Å². The molecule has 4 heteroatoms. The summed E-state index contributed by atoms with van der Waals surface area (Å²) in [4.78, 5) is 15.4. The van der Waals surface area contributed by atoms with Gasteiger partial charge in [0.2, 0.25) is 0 Å². The number of nitrogens with zero attached hydrogens (tertiary/aromatic N) is 3. The van der Waals surface area contributed by atoms with Crippen molar-refractivity contribution in [3.8, 4) is 45.3 Å².